The summed E-state index contributed by atoms with van der Waals surface area (Å²) >= 11 is 0. The molecule has 1 saturated heterocycles. The molecular formula is C26H26N4O5. The lowest BCUT2D eigenvalue weighted by molar-refractivity contribution is 0.0947. The molecular weight excluding hydrogens is 448 g/mol. The van der Waals surface area contributed by atoms with Gasteiger partial charge in [-0.05, 0) is 55.7 Å². The molecule has 4 aromatic rings. The molecule has 0 radical (unpaired) electrons. The van der Waals surface area contributed by atoms with Crippen LogP contribution in [0.4, 0.5) is 0 Å². The quantitative estimate of drug-likeness (QED) is 0.382. The summed E-state index contributed by atoms with van der Waals surface area (Å²) in [5, 5.41) is 0. The van der Waals surface area contributed by atoms with E-state index in [0.717, 1.165) is 18.4 Å². The molecule has 1 fully saturated rings. The highest BCUT2D eigenvalue weighted by Gasteiger charge is 2.24. The predicted octanol–water partition coefficient (Wildman–Crippen LogP) is 2.73. The number of nitrogens with zero attached hydrogens (tertiary/aromatic N) is 4. The third kappa shape index (κ3) is 4.19. The van der Waals surface area contributed by atoms with E-state index in [1.807, 2.05) is 31.2 Å². The van der Waals surface area contributed by atoms with Crippen LogP contribution in [0.15, 0.2) is 64.4 Å². The number of para-hydroxylation sites is 1. The summed E-state index contributed by atoms with van der Waals surface area (Å²) in [7, 11) is 1.56. The summed E-state index contributed by atoms with van der Waals surface area (Å²) in [6, 6.07) is 14.2. The molecule has 0 N–H and O–H groups in total. The van der Waals surface area contributed by atoms with Crippen molar-refractivity contribution in [1.82, 2.24) is 18.7 Å². The van der Waals surface area contributed by atoms with Crippen molar-refractivity contribution in [2.75, 3.05) is 13.7 Å². The number of imidazole rings is 1. The fourth-order valence-corrected chi connectivity index (χ4v) is 4.51. The minimum Gasteiger partial charge on any atom is -0.497 e. The lowest BCUT2D eigenvalue weighted by Gasteiger charge is -2.16. The first-order valence-corrected chi connectivity index (χ1v) is 11.5. The number of carbonyl (C=O) groups excluding carboxylic acids is 1. The number of methoxy groups -OCH3 is 1. The second-order valence-corrected chi connectivity index (χ2v) is 8.65. The fraction of sp³-hybridized carbons (Fsp3) is 0.308. The van der Waals surface area contributed by atoms with Crippen LogP contribution in [0.25, 0.3) is 16.9 Å². The number of aromatic nitrogens is 4. The number of Topliss-reactive ketones (excluding diaryl/α,β-unsaturated/α-hetero) is 1. The van der Waals surface area contributed by atoms with Crippen LogP contribution in [0.2, 0.25) is 0 Å². The number of carbonyl (C=O) groups is 1. The zero-order chi connectivity index (χ0) is 24.5. The van der Waals surface area contributed by atoms with Crippen molar-refractivity contribution in [2.24, 2.45) is 0 Å². The maximum absolute atomic E-state index is 13.6. The lowest BCUT2D eigenvalue weighted by Crippen LogP contribution is -2.42. The van der Waals surface area contributed by atoms with Crippen molar-refractivity contribution in [3.8, 4) is 11.4 Å². The Hall–Kier alpha value is -3.98. The van der Waals surface area contributed by atoms with Gasteiger partial charge in [0.15, 0.2) is 16.9 Å². The van der Waals surface area contributed by atoms with Crippen LogP contribution in [0.1, 0.15) is 28.8 Å². The highest BCUT2D eigenvalue weighted by atomic mass is 16.5. The van der Waals surface area contributed by atoms with E-state index in [9.17, 15) is 14.4 Å². The molecule has 2 aromatic carbocycles. The predicted molar refractivity (Wildman–Crippen MR) is 131 cm³/mol. The van der Waals surface area contributed by atoms with Gasteiger partial charge >= 0.3 is 5.69 Å². The van der Waals surface area contributed by atoms with Gasteiger partial charge in [0.25, 0.3) is 5.56 Å². The van der Waals surface area contributed by atoms with Gasteiger partial charge in [-0.2, -0.15) is 0 Å². The average Bonchev–Trinajstić information content (AvgIpc) is 3.53. The number of hydrogen-bond donors (Lipinski definition) is 0. The molecule has 0 bridgehead atoms. The fourth-order valence-electron chi connectivity index (χ4n) is 4.51. The van der Waals surface area contributed by atoms with Crippen molar-refractivity contribution in [3.05, 3.63) is 86.8 Å². The molecule has 0 amide bonds. The third-order valence-electron chi connectivity index (χ3n) is 6.39. The second kappa shape index (κ2) is 9.34. The molecule has 35 heavy (non-hydrogen) atoms. The number of ketones is 1. The number of ether oxygens (including phenoxy) is 2. The van der Waals surface area contributed by atoms with Crippen LogP contribution in [0, 0.1) is 6.92 Å². The number of rotatable bonds is 7. The zero-order valence-corrected chi connectivity index (χ0v) is 19.6. The van der Waals surface area contributed by atoms with Crippen molar-refractivity contribution in [3.63, 3.8) is 0 Å². The van der Waals surface area contributed by atoms with E-state index < -0.39 is 11.2 Å². The first kappa shape index (κ1) is 22.8. The molecule has 0 unspecified atom stereocenters. The molecule has 0 spiro atoms. The van der Waals surface area contributed by atoms with Gasteiger partial charge < -0.3 is 14.0 Å². The molecule has 5 rings (SSSR count). The van der Waals surface area contributed by atoms with Crippen molar-refractivity contribution >= 4 is 16.9 Å². The molecule has 0 aliphatic carbocycles. The SMILES string of the molecule is COc1ccc(C(=O)Cn2cnc3c2c(=O)n(C[C@H]2CCCO2)c(=O)n3-c2ccccc2C)cc1. The third-order valence-corrected chi connectivity index (χ3v) is 6.39. The molecule has 1 aliphatic rings. The Labute approximate surface area is 201 Å². The Bertz CT molecular complexity index is 1510. The summed E-state index contributed by atoms with van der Waals surface area (Å²) in [6.45, 7) is 2.57. The van der Waals surface area contributed by atoms with Crippen LogP contribution < -0.4 is 16.0 Å². The summed E-state index contributed by atoms with van der Waals surface area (Å²) < 4.78 is 15.0. The first-order valence-electron chi connectivity index (χ1n) is 11.5. The molecule has 0 saturated carbocycles. The standard InChI is InChI=1S/C26H26N4O5/c1-17-6-3-4-8-21(17)30-24-23(25(32)29(26(30)33)14-20-7-5-13-35-20)28(16-27-24)15-22(31)18-9-11-19(34-2)12-10-18/h3-4,6,8-12,16,20H,5,7,13-15H2,1-2H3/t20-/m1/s1. The monoisotopic (exact) mass is 474 g/mol. The summed E-state index contributed by atoms with van der Waals surface area (Å²) in [5.41, 5.74) is 1.45. The van der Waals surface area contributed by atoms with Crippen molar-refractivity contribution in [1.29, 1.82) is 0 Å². The van der Waals surface area contributed by atoms with Gasteiger partial charge in [-0.3, -0.25) is 14.2 Å². The summed E-state index contributed by atoms with van der Waals surface area (Å²) in [6.07, 6.45) is 2.91. The van der Waals surface area contributed by atoms with Gasteiger partial charge in [0.05, 0.1) is 38.3 Å². The minimum absolute atomic E-state index is 0.0933. The summed E-state index contributed by atoms with van der Waals surface area (Å²) in [4.78, 5) is 44.6. The Morgan fingerprint density at radius 3 is 2.60 bits per heavy atom. The zero-order valence-electron chi connectivity index (χ0n) is 19.6. The second-order valence-electron chi connectivity index (χ2n) is 8.65. The van der Waals surface area contributed by atoms with E-state index in [1.165, 1.54) is 20.0 Å². The molecule has 180 valence electrons. The van der Waals surface area contributed by atoms with Crippen LogP contribution in [-0.4, -0.2) is 44.3 Å². The molecule has 1 atom stereocenters. The van der Waals surface area contributed by atoms with Gasteiger partial charge in [0, 0.05) is 12.2 Å². The van der Waals surface area contributed by atoms with E-state index >= 15 is 0 Å². The van der Waals surface area contributed by atoms with E-state index in [1.54, 1.807) is 31.4 Å². The Balaban J connectivity index is 1.65. The Morgan fingerprint density at radius 1 is 1.14 bits per heavy atom. The molecule has 1 aliphatic heterocycles. The molecule has 2 aromatic heterocycles. The highest BCUT2D eigenvalue weighted by Crippen LogP contribution is 2.19. The summed E-state index contributed by atoms with van der Waals surface area (Å²) in [5.74, 6) is 0.458. The van der Waals surface area contributed by atoms with E-state index in [4.69, 9.17) is 9.47 Å². The average molecular weight is 475 g/mol. The first-order chi connectivity index (χ1) is 17.0. The topological polar surface area (TPSA) is 97.4 Å². The van der Waals surface area contributed by atoms with Gasteiger partial charge in [-0.15, -0.1) is 0 Å². The number of hydrogen-bond acceptors (Lipinski definition) is 6. The van der Waals surface area contributed by atoms with Gasteiger partial charge in [-0.1, -0.05) is 18.2 Å². The van der Waals surface area contributed by atoms with Crippen LogP contribution in [0.3, 0.4) is 0 Å². The van der Waals surface area contributed by atoms with Crippen LogP contribution in [0.5, 0.6) is 5.75 Å². The number of fused-ring (bicyclic) bond motifs is 1. The number of aryl methyl sites for hydroxylation is 1. The lowest BCUT2D eigenvalue weighted by atomic mass is 10.1. The maximum Gasteiger partial charge on any atom is 0.337 e. The van der Waals surface area contributed by atoms with E-state index in [0.29, 0.717) is 23.6 Å². The smallest absolute Gasteiger partial charge is 0.337 e. The van der Waals surface area contributed by atoms with E-state index in [-0.39, 0.29) is 36.1 Å². The highest BCUT2D eigenvalue weighted by molar-refractivity contribution is 5.96. The van der Waals surface area contributed by atoms with Gasteiger partial charge in [0.1, 0.15) is 5.75 Å². The molecule has 9 heteroatoms. The largest absolute Gasteiger partial charge is 0.497 e. The normalized spacial score (nSPS) is 15.5. The van der Waals surface area contributed by atoms with Gasteiger partial charge in [-0.25, -0.2) is 14.3 Å². The molecule has 9 nitrogen and oxygen atoms in total. The van der Waals surface area contributed by atoms with E-state index in [2.05, 4.69) is 4.98 Å². The minimum atomic E-state index is -0.481. The van der Waals surface area contributed by atoms with Crippen LogP contribution >= 0.6 is 0 Å². The van der Waals surface area contributed by atoms with Gasteiger partial charge in [0.2, 0.25) is 0 Å². The molecule has 3 heterocycles. The Kier molecular flexibility index (Phi) is 6.08. The van der Waals surface area contributed by atoms with Crippen LogP contribution in [-0.2, 0) is 17.8 Å². The van der Waals surface area contributed by atoms with Crippen molar-refractivity contribution in [2.45, 2.75) is 39.0 Å². The Morgan fingerprint density at radius 2 is 1.91 bits per heavy atom. The maximum atomic E-state index is 13.6. The van der Waals surface area contributed by atoms with Crippen molar-refractivity contribution < 1.29 is 14.3 Å². The number of benzene rings is 2.